The largest absolute Gasteiger partial charge is 0.345 e. The van der Waals surface area contributed by atoms with Crippen LogP contribution in [-0.4, -0.2) is 29.8 Å². The first-order chi connectivity index (χ1) is 8.41. The first-order valence-corrected chi connectivity index (χ1v) is 6.16. The maximum atomic E-state index is 13.4. The van der Waals surface area contributed by atoms with Crippen LogP contribution >= 0.6 is 11.6 Å². The average Bonchev–Trinajstić information content (AvgIpc) is 2.31. The van der Waals surface area contributed by atoms with Gasteiger partial charge in [0.25, 0.3) is 0 Å². The second-order valence-corrected chi connectivity index (χ2v) is 5.02. The predicted molar refractivity (Wildman–Crippen MR) is 67.6 cm³/mol. The summed E-state index contributed by atoms with van der Waals surface area (Å²) in [4.78, 5) is 13.3. The number of nitrogens with zero attached hydrogens (tertiary/aromatic N) is 1. The van der Waals surface area contributed by atoms with E-state index >= 15 is 0 Å². The van der Waals surface area contributed by atoms with Crippen molar-refractivity contribution in [3.63, 3.8) is 0 Å². The van der Waals surface area contributed by atoms with Crippen molar-refractivity contribution in [2.75, 3.05) is 13.6 Å². The highest BCUT2D eigenvalue weighted by Gasteiger charge is 2.15. The minimum atomic E-state index is -0.954. The van der Waals surface area contributed by atoms with Gasteiger partial charge < -0.3 is 4.90 Å². The molecule has 100 valence electrons. The quantitative estimate of drug-likeness (QED) is 0.757. The summed E-state index contributed by atoms with van der Waals surface area (Å²) in [6, 6.07) is 3.83. The molecule has 0 saturated carbocycles. The van der Waals surface area contributed by atoms with E-state index < -0.39 is 11.6 Å². The van der Waals surface area contributed by atoms with E-state index in [0.717, 1.165) is 6.07 Å². The molecule has 0 aliphatic carbocycles. The number of hydrogen-bond acceptors (Lipinski definition) is 1. The number of hydrogen-bond donors (Lipinski definition) is 0. The number of carbonyl (C=O) groups is 1. The number of likely N-dealkylation sites (N-methyl/N-ethyl adjacent to an activating group) is 1. The lowest BCUT2D eigenvalue weighted by molar-refractivity contribution is -0.129. The van der Waals surface area contributed by atoms with Gasteiger partial charge in [0.15, 0.2) is 11.6 Å². The molecule has 0 N–H and O–H groups in total. The summed E-state index contributed by atoms with van der Waals surface area (Å²) in [6.45, 7) is 2.34. The Hall–Kier alpha value is -1.16. The maximum absolute atomic E-state index is 13.4. The number of carbonyl (C=O) groups excluding carboxylic acids is 1. The third kappa shape index (κ3) is 4.26. The monoisotopic (exact) mass is 275 g/mol. The van der Waals surface area contributed by atoms with Crippen LogP contribution in [0.1, 0.15) is 18.9 Å². The minimum Gasteiger partial charge on any atom is -0.345 e. The Bertz CT molecular complexity index is 423. The molecular formula is C13H16ClF2NO. The highest BCUT2D eigenvalue weighted by molar-refractivity contribution is 6.20. The maximum Gasteiger partial charge on any atom is 0.226 e. The van der Waals surface area contributed by atoms with Crippen molar-refractivity contribution < 1.29 is 13.6 Å². The van der Waals surface area contributed by atoms with Crippen molar-refractivity contribution in [2.45, 2.75) is 25.1 Å². The van der Waals surface area contributed by atoms with Crippen LogP contribution in [0.3, 0.4) is 0 Å². The molecule has 0 aliphatic heterocycles. The van der Waals surface area contributed by atoms with E-state index in [2.05, 4.69) is 0 Å². The molecule has 1 aromatic carbocycles. The molecule has 0 aromatic heterocycles. The van der Waals surface area contributed by atoms with Crippen LogP contribution in [0.25, 0.3) is 0 Å². The zero-order chi connectivity index (χ0) is 13.7. The lowest BCUT2D eigenvalue weighted by Gasteiger charge is -2.18. The highest BCUT2D eigenvalue weighted by Crippen LogP contribution is 2.13. The topological polar surface area (TPSA) is 20.3 Å². The van der Waals surface area contributed by atoms with Gasteiger partial charge in [-0.25, -0.2) is 8.78 Å². The van der Waals surface area contributed by atoms with Gasteiger partial charge in [0.1, 0.15) is 0 Å². The van der Waals surface area contributed by atoms with E-state index in [1.807, 2.05) is 6.92 Å². The van der Waals surface area contributed by atoms with E-state index in [4.69, 9.17) is 11.6 Å². The Kier molecular flexibility index (Phi) is 5.54. The first-order valence-electron chi connectivity index (χ1n) is 5.72. The fraction of sp³-hybridized carbons (Fsp3) is 0.462. The summed E-state index contributed by atoms with van der Waals surface area (Å²) in [6.07, 6.45) is 0.520. The van der Waals surface area contributed by atoms with Gasteiger partial charge >= 0.3 is 0 Å². The van der Waals surface area contributed by atoms with Crippen LogP contribution in [0.5, 0.6) is 0 Å². The van der Waals surface area contributed by atoms with E-state index in [1.54, 1.807) is 7.05 Å². The van der Waals surface area contributed by atoms with Crippen LogP contribution in [0, 0.1) is 11.6 Å². The summed E-state index contributed by atoms with van der Waals surface area (Å²) in [5, 5.41) is -0.0221. The first kappa shape index (κ1) is 14.9. The molecule has 0 saturated heterocycles. The predicted octanol–water partition coefficient (Wildman–Crippen LogP) is 2.98. The normalized spacial score (nSPS) is 12.3. The van der Waals surface area contributed by atoms with E-state index in [1.165, 1.54) is 17.0 Å². The van der Waals surface area contributed by atoms with Gasteiger partial charge in [-0.05, 0) is 19.4 Å². The lowest BCUT2D eigenvalue weighted by Crippen LogP contribution is -2.30. The van der Waals surface area contributed by atoms with Crippen molar-refractivity contribution >= 4 is 17.5 Å². The molecule has 0 fully saturated rings. The van der Waals surface area contributed by atoms with Gasteiger partial charge in [-0.1, -0.05) is 12.1 Å². The van der Waals surface area contributed by atoms with Crippen molar-refractivity contribution in [1.29, 1.82) is 0 Å². The third-order valence-corrected chi connectivity index (χ3v) is 2.88. The standard InChI is InChI=1S/C13H16ClF2NO/c1-9(14)6-7-17(2)12(18)8-10-4-3-5-11(15)13(10)16/h3-5,9H,6-8H2,1-2H3. The van der Waals surface area contributed by atoms with E-state index in [-0.39, 0.29) is 23.3 Å². The van der Waals surface area contributed by atoms with Crippen LogP contribution in [0.2, 0.25) is 0 Å². The van der Waals surface area contributed by atoms with Crippen molar-refractivity contribution in [3.8, 4) is 0 Å². The number of alkyl halides is 1. The Morgan fingerprint density at radius 3 is 2.72 bits per heavy atom. The van der Waals surface area contributed by atoms with Crippen LogP contribution in [-0.2, 0) is 11.2 Å². The van der Waals surface area contributed by atoms with Crippen molar-refractivity contribution in [1.82, 2.24) is 4.90 Å². The summed E-state index contributed by atoms with van der Waals surface area (Å²) < 4.78 is 26.3. The second kappa shape index (κ2) is 6.69. The molecule has 1 atom stereocenters. The lowest BCUT2D eigenvalue weighted by atomic mass is 10.1. The molecule has 2 nitrogen and oxygen atoms in total. The van der Waals surface area contributed by atoms with Crippen LogP contribution < -0.4 is 0 Å². The van der Waals surface area contributed by atoms with E-state index in [0.29, 0.717) is 13.0 Å². The van der Waals surface area contributed by atoms with Crippen LogP contribution in [0.15, 0.2) is 18.2 Å². The molecule has 0 bridgehead atoms. The number of benzene rings is 1. The van der Waals surface area contributed by atoms with E-state index in [9.17, 15) is 13.6 Å². The van der Waals surface area contributed by atoms with Crippen molar-refractivity contribution in [3.05, 3.63) is 35.4 Å². The summed E-state index contributed by atoms with van der Waals surface area (Å²) in [5.74, 6) is -2.14. The molecule has 1 aromatic rings. The average molecular weight is 276 g/mol. The molecular weight excluding hydrogens is 260 g/mol. The molecule has 0 radical (unpaired) electrons. The third-order valence-electron chi connectivity index (χ3n) is 2.66. The Balaban J connectivity index is 2.61. The van der Waals surface area contributed by atoms with Gasteiger partial charge in [-0.2, -0.15) is 0 Å². The Labute approximate surface area is 111 Å². The SMILES string of the molecule is CC(Cl)CCN(C)C(=O)Cc1cccc(F)c1F. The van der Waals surface area contributed by atoms with Gasteiger partial charge in [-0.15, -0.1) is 11.6 Å². The van der Waals surface area contributed by atoms with Crippen LogP contribution in [0.4, 0.5) is 8.78 Å². The molecule has 1 rings (SSSR count). The van der Waals surface area contributed by atoms with Gasteiger partial charge in [-0.3, -0.25) is 4.79 Å². The molecule has 0 aliphatic rings. The summed E-state index contributed by atoms with van der Waals surface area (Å²) in [7, 11) is 1.62. The van der Waals surface area contributed by atoms with Gasteiger partial charge in [0, 0.05) is 24.5 Å². The molecule has 5 heteroatoms. The number of rotatable bonds is 5. The highest BCUT2D eigenvalue weighted by atomic mass is 35.5. The molecule has 1 amide bonds. The number of amides is 1. The number of halogens is 3. The fourth-order valence-electron chi connectivity index (χ4n) is 1.48. The molecule has 0 heterocycles. The zero-order valence-corrected chi connectivity index (χ0v) is 11.2. The molecule has 0 spiro atoms. The zero-order valence-electron chi connectivity index (χ0n) is 10.4. The Morgan fingerprint density at radius 2 is 2.11 bits per heavy atom. The molecule has 18 heavy (non-hydrogen) atoms. The molecule has 1 unspecified atom stereocenters. The summed E-state index contributed by atoms with van der Waals surface area (Å²) in [5.41, 5.74) is 0.0748. The fourth-order valence-corrected chi connectivity index (χ4v) is 1.58. The van der Waals surface area contributed by atoms with Gasteiger partial charge in [0.05, 0.1) is 6.42 Å². The summed E-state index contributed by atoms with van der Waals surface area (Å²) >= 11 is 5.79. The van der Waals surface area contributed by atoms with Crippen molar-refractivity contribution in [2.24, 2.45) is 0 Å². The smallest absolute Gasteiger partial charge is 0.226 e. The second-order valence-electron chi connectivity index (χ2n) is 4.27. The minimum absolute atomic E-state index is 0.0221. The van der Waals surface area contributed by atoms with Gasteiger partial charge in [0.2, 0.25) is 5.91 Å². The Morgan fingerprint density at radius 1 is 1.44 bits per heavy atom.